The Morgan fingerprint density at radius 1 is 1.46 bits per heavy atom. The fraction of sp³-hybridized carbons (Fsp3) is 0.231. The number of benzene rings is 1. The largest absolute Gasteiger partial charge is 0.416 e. The van der Waals surface area contributed by atoms with E-state index in [1.54, 1.807) is 6.92 Å². The summed E-state index contributed by atoms with van der Waals surface area (Å²) in [5, 5.41) is 11.1. The lowest BCUT2D eigenvalue weighted by atomic mass is 10.2. The van der Waals surface area contributed by atoms with E-state index in [0.717, 1.165) is 35.2 Å². The van der Waals surface area contributed by atoms with Crippen LogP contribution in [0.5, 0.6) is 0 Å². The summed E-state index contributed by atoms with van der Waals surface area (Å²) in [6.07, 6.45) is -4.68. The zero-order valence-corrected chi connectivity index (χ0v) is 13.7. The number of nitrogens with zero attached hydrogens (tertiary/aromatic N) is 2. The third-order valence-corrected chi connectivity index (χ3v) is 5.17. The molecule has 11 heteroatoms. The molecule has 0 atom stereocenters. The average molecular weight is 377 g/mol. The second-order valence-electron chi connectivity index (χ2n) is 4.67. The van der Waals surface area contributed by atoms with E-state index in [1.165, 1.54) is 0 Å². The van der Waals surface area contributed by atoms with Crippen LogP contribution in [0.3, 0.4) is 0 Å². The van der Waals surface area contributed by atoms with Crippen molar-refractivity contribution in [1.29, 1.82) is 0 Å². The molecule has 0 aliphatic carbocycles. The molecule has 0 unspecified atom stereocenters. The standard InChI is InChI=1S/C13H10F3N3O3S2/c1-6-10(5-11(17)20)24-12(18-6)23-9-3-2-7(13(14,15)16)4-8(9)19(21)22/h2-4H,5H2,1H3,(H2,17,20). The molecule has 0 saturated heterocycles. The average Bonchev–Trinajstić information content (AvgIpc) is 2.76. The van der Waals surface area contributed by atoms with Gasteiger partial charge in [0, 0.05) is 10.9 Å². The summed E-state index contributed by atoms with van der Waals surface area (Å²) in [6.45, 7) is 1.65. The van der Waals surface area contributed by atoms with Crippen LogP contribution in [0.25, 0.3) is 0 Å². The first kappa shape index (κ1) is 18.2. The Balaban J connectivity index is 2.36. The summed E-state index contributed by atoms with van der Waals surface area (Å²) in [7, 11) is 0. The highest BCUT2D eigenvalue weighted by Crippen LogP contribution is 2.40. The van der Waals surface area contributed by atoms with E-state index in [0.29, 0.717) is 21.0 Å². The van der Waals surface area contributed by atoms with Crippen LogP contribution in [0.4, 0.5) is 18.9 Å². The summed E-state index contributed by atoms with van der Waals surface area (Å²) in [6, 6.07) is 2.31. The molecule has 1 aromatic heterocycles. The number of aryl methyl sites for hydroxylation is 1. The Kier molecular flexibility index (Phi) is 5.13. The van der Waals surface area contributed by atoms with Gasteiger partial charge in [-0.3, -0.25) is 14.9 Å². The number of nitro groups is 1. The van der Waals surface area contributed by atoms with Crippen LogP contribution in [-0.4, -0.2) is 15.8 Å². The summed E-state index contributed by atoms with van der Waals surface area (Å²) < 4.78 is 38.4. The Morgan fingerprint density at radius 2 is 2.12 bits per heavy atom. The number of hydrogen-bond acceptors (Lipinski definition) is 6. The molecule has 2 rings (SSSR count). The van der Waals surface area contributed by atoms with Gasteiger partial charge in [0.25, 0.3) is 5.69 Å². The number of amides is 1. The molecule has 0 fully saturated rings. The van der Waals surface area contributed by atoms with Crippen LogP contribution in [-0.2, 0) is 17.4 Å². The monoisotopic (exact) mass is 377 g/mol. The minimum Gasteiger partial charge on any atom is -0.369 e. The number of carbonyl (C=O) groups is 1. The fourth-order valence-corrected chi connectivity index (χ4v) is 4.07. The van der Waals surface area contributed by atoms with Crippen molar-refractivity contribution >= 4 is 34.7 Å². The number of halogens is 3. The fourth-order valence-electron chi connectivity index (χ4n) is 1.78. The molecule has 0 radical (unpaired) electrons. The molecule has 0 spiro atoms. The second kappa shape index (κ2) is 6.77. The number of nitrogens with two attached hydrogens (primary N) is 1. The van der Waals surface area contributed by atoms with Crippen LogP contribution in [0.2, 0.25) is 0 Å². The van der Waals surface area contributed by atoms with Gasteiger partial charge in [0.2, 0.25) is 5.91 Å². The van der Waals surface area contributed by atoms with Crippen molar-refractivity contribution in [3.63, 3.8) is 0 Å². The zero-order chi connectivity index (χ0) is 18.1. The van der Waals surface area contributed by atoms with E-state index in [9.17, 15) is 28.1 Å². The summed E-state index contributed by atoms with van der Waals surface area (Å²) >= 11 is 1.99. The van der Waals surface area contributed by atoms with Crippen LogP contribution >= 0.6 is 23.1 Å². The highest BCUT2D eigenvalue weighted by molar-refractivity contribution is 8.01. The van der Waals surface area contributed by atoms with Gasteiger partial charge >= 0.3 is 6.18 Å². The number of rotatable bonds is 5. The minimum absolute atomic E-state index is 0.0147. The van der Waals surface area contributed by atoms with Crippen molar-refractivity contribution in [3.05, 3.63) is 44.4 Å². The molecule has 0 aliphatic rings. The van der Waals surface area contributed by atoms with Crippen LogP contribution in [0.1, 0.15) is 16.1 Å². The number of nitro benzene ring substituents is 1. The van der Waals surface area contributed by atoms with E-state index >= 15 is 0 Å². The molecule has 1 heterocycles. The molecule has 1 aromatic carbocycles. The van der Waals surface area contributed by atoms with Gasteiger partial charge in [-0.05, 0) is 19.1 Å². The molecule has 24 heavy (non-hydrogen) atoms. The molecule has 0 bridgehead atoms. The van der Waals surface area contributed by atoms with Gasteiger partial charge < -0.3 is 5.73 Å². The van der Waals surface area contributed by atoms with Gasteiger partial charge in [0.1, 0.15) is 0 Å². The van der Waals surface area contributed by atoms with Crippen LogP contribution < -0.4 is 5.73 Å². The maximum absolute atomic E-state index is 12.7. The van der Waals surface area contributed by atoms with Crippen molar-refractivity contribution < 1.29 is 22.9 Å². The molecule has 128 valence electrons. The second-order valence-corrected chi connectivity index (χ2v) is 7.04. The van der Waals surface area contributed by atoms with Crippen molar-refractivity contribution in [3.8, 4) is 0 Å². The Morgan fingerprint density at radius 3 is 2.67 bits per heavy atom. The molecule has 6 nitrogen and oxygen atoms in total. The third kappa shape index (κ3) is 4.23. The predicted octanol–water partition coefficient (Wildman–Crippen LogP) is 3.56. The molecular weight excluding hydrogens is 367 g/mol. The van der Waals surface area contributed by atoms with Crippen molar-refractivity contribution in [2.45, 2.75) is 28.8 Å². The predicted molar refractivity (Wildman–Crippen MR) is 82.0 cm³/mol. The van der Waals surface area contributed by atoms with Gasteiger partial charge in [0.15, 0.2) is 4.34 Å². The Labute approximate surface area is 142 Å². The zero-order valence-electron chi connectivity index (χ0n) is 12.1. The number of thiazole rings is 1. The maximum Gasteiger partial charge on any atom is 0.416 e. The van der Waals surface area contributed by atoms with Crippen molar-refractivity contribution in [2.24, 2.45) is 5.73 Å². The van der Waals surface area contributed by atoms with E-state index in [4.69, 9.17) is 5.73 Å². The van der Waals surface area contributed by atoms with Gasteiger partial charge in [-0.1, -0.05) is 11.8 Å². The number of alkyl halides is 3. The first-order valence-corrected chi connectivity index (χ1v) is 7.99. The highest BCUT2D eigenvalue weighted by atomic mass is 32.2. The molecule has 2 N–H and O–H groups in total. The quantitative estimate of drug-likeness (QED) is 0.634. The summed E-state index contributed by atoms with van der Waals surface area (Å²) in [4.78, 5) is 25.9. The van der Waals surface area contributed by atoms with E-state index in [-0.39, 0.29) is 11.3 Å². The van der Waals surface area contributed by atoms with E-state index in [2.05, 4.69) is 4.98 Å². The SMILES string of the molecule is Cc1nc(Sc2ccc(C(F)(F)F)cc2[N+](=O)[O-])sc1CC(N)=O. The maximum atomic E-state index is 12.7. The summed E-state index contributed by atoms with van der Waals surface area (Å²) in [5.74, 6) is -0.543. The lowest BCUT2D eigenvalue weighted by Gasteiger charge is -2.07. The molecule has 2 aromatic rings. The number of carbonyl (C=O) groups excluding carboxylic acids is 1. The van der Waals surface area contributed by atoms with Gasteiger partial charge in [-0.15, -0.1) is 11.3 Å². The Bertz CT molecular complexity index is 805. The molecule has 1 amide bonds. The molecule has 0 aliphatic heterocycles. The van der Waals surface area contributed by atoms with E-state index < -0.39 is 28.3 Å². The third-order valence-electron chi connectivity index (χ3n) is 2.89. The molecular formula is C13H10F3N3O3S2. The first-order valence-electron chi connectivity index (χ1n) is 6.36. The van der Waals surface area contributed by atoms with Crippen molar-refractivity contribution in [2.75, 3.05) is 0 Å². The smallest absolute Gasteiger partial charge is 0.369 e. The number of hydrogen-bond donors (Lipinski definition) is 1. The Hall–Kier alpha value is -2.14. The summed E-state index contributed by atoms with van der Waals surface area (Å²) in [5.41, 5.74) is 3.92. The van der Waals surface area contributed by atoms with Gasteiger partial charge in [-0.25, -0.2) is 4.98 Å². The van der Waals surface area contributed by atoms with Crippen LogP contribution in [0, 0.1) is 17.0 Å². The topological polar surface area (TPSA) is 99.1 Å². The van der Waals surface area contributed by atoms with Gasteiger partial charge in [-0.2, -0.15) is 13.2 Å². The van der Waals surface area contributed by atoms with E-state index in [1.807, 2.05) is 0 Å². The molecule has 0 saturated carbocycles. The first-order chi connectivity index (χ1) is 11.1. The lowest BCUT2D eigenvalue weighted by molar-refractivity contribution is -0.388. The van der Waals surface area contributed by atoms with Crippen molar-refractivity contribution in [1.82, 2.24) is 4.98 Å². The number of aromatic nitrogens is 1. The number of primary amides is 1. The lowest BCUT2D eigenvalue weighted by Crippen LogP contribution is -2.13. The highest BCUT2D eigenvalue weighted by Gasteiger charge is 2.33. The van der Waals surface area contributed by atoms with Crippen LogP contribution in [0.15, 0.2) is 27.4 Å². The minimum atomic E-state index is -4.67. The normalized spacial score (nSPS) is 11.5. The van der Waals surface area contributed by atoms with Gasteiger partial charge in [0.05, 0.1) is 27.5 Å².